The number of para-hydroxylation sites is 2. The summed E-state index contributed by atoms with van der Waals surface area (Å²) < 4.78 is 6.33. The predicted molar refractivity (Wildman–Crippen MR) is 80.8 cm³/mol. The van der Waals surface area contributed by atoms with Crippen LogP contribution in [0.15, 0.2) is 42.5 Å². The molecular weight excluding hydrogens is 339 g/mol. The first-order valence-electron chi connectivity index (χ1n) is 5.56. The van der Waals surface area contributed by atoms with Crippen LogP contribution >= 0.6 is 22.6 Å². The Bertz CT molecular complexity index is 673. The molecule has 0 atom stereocenters. The van der Waals surface area contributed by atoms with Crippen LogP contribution in [-0.4, -0.2) is 17.1 Å². The van der Waals surface area contributed by atoms with Crippen molar-refractivity contribution in [2.24, 2.45) is 0 Å². The van der Waals surface area contributed by atoms with Crippen molar-refractivity contribution in [1.82, 2.24) is 9.97 Å². The van der Waals surface area contributed by atoms with E-state index in [0.29, 0.717) is 0 Å². The van der Waals surface area contributed by atoms with E-state index in [2.05, 4.69) is 38.6 Å². The Morgan fingerprint density at radius 3 is 2.72 bits per heavy atom. The van der Waals surface area contributed by atoms with Gasteiger partial charge in [0.15, 0.2) is 0 Å². The molecule has 4 heteroatoms. The van der Waals surface area contributed by atoms with E-state index in [1.807, 2.05) is 36.4 Å². The first-order valence-corrected chi connectivity index (χ1v) is 6.64. The van der Waals surface area contributed by atoms with Crippen LogP contribution in [0.4, 0.5) is 0 Å². The van der Waals surface area contributed by atoms with Crippen LogP contribution < -0.4 is 4.74 Å². The number of H-pyrrole nitrogens is 1. The Kier molecular flexibility index (Phi) is 2.95. The van der Waals surface area contributed by atoms with Gasteiger partial charge in [0, 0.05) is 5.56 Å². The summed E-state index contributed by atoms with van der Waals surface area (Å²) in [5.74, 6) is 1.77. The molecule has 0 unspecified atom stereocenters. The van der Waals surface area contributed by atoms with Crippen molar-refractivity contribution >= 4 is 33.6 Å². The fourth-order valence-electron chi connectivity index (χ4n) is 1.90. The molecular formula is C14H11IN2O. The number of benzene rings is 2. The Labute approximate surface area is 118 Å². The van der Waals surface area contributed by atoms with E-state index in [1.54, 1.807) is 7.11 Å². The van der Waals surface area contributed by atoms with E-state index in [0.717, 1.165) is 31.7 Å². The molecule has 1 heterocycles. The number of ether oxygens (including phenoxy) is 1. The fraction of sp³-hybridized carbons (Fsp3) is 0.0714. The van der Waals surface area contributed by atoms with Gasteiger partial charge in [-0.15, -0.1) is 0 Å². The number of hydrogen-bond acceptors (Lipinski definition) is 2. The summed E-state index contributed by atoms with van der Waals surface area (Å²) in [6.07, 6.45) is 0. The first-order chi connectivity index (χ1) is 8.78. The van der Waals surface area contributed by atoms with Crippen molar-refractivity contribution in [3.8, 4) is 17.1 Å². The number of imidazole rings is 1. The SMILES string of the molecule is COc1ccc(-c2nc3ccccc3[nH]2)cc1I. The van der Waals surface area contributed by atoms with E-state index in [-0.39, 0.29) is 0 Å². The summed E-state index contributed by atoms with van der Waals surface area (Å²) in [7, 11) is 1.68. The lowest BCUT2D eigenvalue weighted by molar-refractivity contribution is 0.412. The number of nitrogens with zero attached hydrogens (tertiary/aromatic N) is 1. The highest BCUT2D eigenvalue weighted by atomic mass is 127. The van der Waals surface area contributed by atoms with Gasteiger partial charge in [0.05, 0.1) is 21.7 Å². The van der Waals surface area contributed by atoms with Crippen molar-refractivity contribution < 1.29 is 4.74 Å². The summed E-state index contributed by atoms with van der Waals surface area (Å²) in [5, 5.41) is 0. The highest BCUT2D eigenvalue weighted by molar-refractivity contribution is 14.1. The molecule has 0 saturated carbocycles. The largest absolute Gasteiger partial charge is 0.496 e. The molecule has 3 rings (SSSR count). The number of methoxy groups -OCH3 is 1. The molecule has 0 aliphatic heterocycles. The molecule has 0 bridgehead atoms. The number of rotatable bonds is 2. The molecule has 3 nitrogen and oxygen atoms in total. The second-order valence-corrected chi connectivity index (χ2v) is 5.11. The van der Waals surface area contributed by atoms with Crippen molar-refractivity contribution in [2.75, 3.05) is 7.11 Å². The van der Waals surface area contributed by atoms with E-state index in [1.165, 1.54) is 0 Å². The van der Waals surface area contributed by atoms with Crippen molar-refractivity contribution in [3.63, 3.8) is 0 Å². The Morgan fingerprint density at radius 1 is 1.17 bits per heavy atom. The van der Waals surface area contributed by atoms with Gasteiger partial charge in [-0.3, -0.25) is 0 Å². The van der Waals surface area contributed by atoms with Gasteiger partial charge in [0.2, 0.25) is 0 Å². The summed E-state index contributed by atoms with van der Waals surface area (Å²) in [6, 6.07) is 14.1. The Balaban J connectivity index is 2.11. The quantitative estimate of drug-likeness (QED) is 0.713. The minimum Gasteiger partial charge on any atom is -0.496 e. The van der Waals surface area contributed by atoms with E-state index in [4.69, 9.17) is 4.74 Å². The second-order valence-electron chi connectivity index (χ2n) is 3.95. The van der Waals surface area contributed by atoms with Gasteiger partial charge in [-0.05, 0) is 52.9 Å². The number of nitrogens with one attached hydrogen (secondary N) is 1. The summed E-state index contributed by atoms with van der Waals surface area (Å²) in [5.41, 5.74) is 3.10. The molecule has 0 saturated heterocycles. The van der Waals surface area contributed by atoms with Crippen molar-refractivity contribution in [1.29, 1.82) is 0 Å². The fourth-order valence-corrected chi connectivity index (χ4v) is 2.64. The predicted octanol–water partition coefficient (Wildman–Crippen LogP) is 3.84. The maximum Gasteiger partial charge on any atom is 0.138 e. The highest BCUT2D eigenvalue weighted by Crippen LogP contribution is 2.27. The summed E-state index contributed by atoms with van der Waals surface area (Å²) in [4.78, 5) is 7.90. The highest BCUT2D eigenvalue weighted by Gasteiger charge is 2.07. The van der Waals surface area contributed by atoms with Gasteiger partial charge < -0.3 is 9.72 Å². The van der Waals surface area contributed by atoms with Gasteiger partial charge in [-0.2, -0.15) is 0 Å². The van der Waals surface area contributed by atoms with Crippen LogP contribution in [0.5, 0.6) is 5.75 Å². The van der Waals surface area contributed by atoms with Gasteiger partial charge >= 0.3 is 0 Å². The lowest BCUT2D eigenvalue weighted by atomic mass is 10.2. The van der Waals surface area contributed by atoms with Gasteiger partial charge in [0.1, 0.15) is 11.6 Å². The molecule has 0 aliphatic carbocycles. The third-order valence-electron chi connectivity index (χ3n) is 2.81. The molecule has 2 aromatic carbocycles. The minimum absolute atomic E-state index is 0.885. The number of fused-ring (bicyclic) bond motifs is 1. The number of aromatic amines is 1. The molecule has 18 heavy (non-hydrogen) atoms. The lowest BCUT2D eigenvalue weighted by Crippen LogP contribution is -1.88. The molecule has 0 amide bonds. The van der Waals surface area contributed by atoms with Gasteiger partial charge in [-0.1, -0.05) is 12.1 Å². The first kappa shape index (κ1) is 11.5. The van der Waals surface area contributed by atoms with Crippen LogP contribution in [0.2, 0.25) is 0 Å². The Hall–Kier alpha value is -1.56. The van der Waals surface area contributed by atoms with Crippen LogP contribution in [0.25, 0.3) is 22.4 Å². The molecule has 1 aromatic heterocycles. The maximum atomic E-state index is 5.26. The summed E-state index contributed by atoms with van der Waals surface area (Å²) >= 11 is 2.26. The molecule has 0 aliphatic rings. The standard InChI is InChI=1S/C14H11IN2O/c1-18-13-7-6-9(8-10(13)15)14-16-11-4-2-3-5-12(11)17-14/h2-8H,1H3,(H,16,17). The minimum atomic E-state index is 0.885. The number of hydrogen-bond donors (Lipinski definition) is 1. The molecule has 3 aromatic rings. The summed E-state index contributed by atoms with van der Waals surface area (Å²) in [6.45, 7) is 0. The monoisotopic (exact) mass is 350 g/mol. The van der Waals surface area contributed by atoms with Crippen LogP contribution in [0, 0.1) is 3.57 Å². The molecule has 0 fully saturated rings. The molecule has 0 spiro atoms. The average molecular weight is 350 g/mol. The molecule has 0 radical (unpaired) electrons. The third-order valence-corrected chi connectivity index (χ3v) is 3.66. The molecule has 90 valence electrons. The normalized spacial score (nSPS) is 10.8. The van der Waals surface area contributed by atoms with E-state index >= 15 is 0 Å². The third kappa shape index (κ3) is 1.96. The van der Waals surface area contributed by atoms with Crippen LogP contribution in [0.3, 0.4) is 0 Å². The van der Waals surface area contributed by atoms with Crippen molar-refractivity contribution in [2.45, 2.75) is 0 Å². The lowest BCUT2D eigenvalue weighted by Gasteiger charge is -2.04. The Morgan fingerprint density at radius 2 is 2.00 bits per heavy atom. The smallest absolute Gasteiger partial charge is 0.138 e. The van der Waals surface area contributed by atoms with Gasteiger partial charge in [0.25, 0.3) is 0 Å². The zero-order valence-electron chi connectivity index (χ0n) is 9.77. The zero-order chi connectivity index (χ0) is 12.5. The maximum absolute atomic E-state index is 5.26. The number of halogens is 1. The topological polar surface area (TPSA) is 37.9 Å². The van der Waals surface area contributed by atoms with E-state index in [9.17, 15) is 0 Å². The molecule has 1 N–H and O–H groups in total. The zero-order valence-corrected chi connectivity index (χ0v) is 11.9. The average Bonchev–Trinajstić information content (AvgIpc) is 2.82. The number of aromatic nitrogens is 2. The van der Waals surface area contributed by atoms with Crippen molar-refractivity contribution in [3.05, 3.63) is 46.0 Å². The van der Waals surface area contributed by atoms with E-state index < -0.39 is 0 Å². The second kappa shape index (κ2) is 4.61. The van der Waals surface area contributed by atoms with Crippen LogP contribution in [-0.2, 0) is 0 Å². The van der Waals surface area contributed by atoms with Gasteiger partial charge in [-0.25, -0.2) is 4.98 Å². The van der Waals surface area contributed by atoms with Crippen LogP contribution in [0.1, 0.15) is 0 Å².